The highest BCUT2D eigenvalue weighted by molar-refractivity contribution is 7.99. The van der Waals surface area contributed by atoms with Crippen molar-refractivity contribution in [3.8, 4) is 0 Å². The van der Waals surface area contributed by atoms with E-state index in [0.29, 0.717) is 10.8 Å². The van der Waals surface area contributed by atoms with Crippen LogP contribution in [0.3, 0.4) is 0 Å². The third-order valence-corrected chi connectivity index (χ3v) is 4.14. The quantitative estimate of drug-likeness (QED) is 0.750. The SMILES string of the molecule is CC(C)N(C(C)C)C(O)SCC(Cl)=C(Cl)Cl. The van der Waals surface area contributed by atoms with E-state index in [9.17, 15) is 5.11 Å². The summed E-state index contributed by atoms with van der Waals surface area (Å²) in [4.78, 5) is 1.98. The van der Waals surface area contributed by atoms with E-state index in [1.807, 2.05) is 32.6 Å². The second-order valence-electron chi connectivity index (χ2n) is 3.94. The van der Waals surface area contributed by atoms with Crippen LogP contribution in [0.25, 0.3) is 0 Å². The van der Waals surface area contributed by atoms with E-state index in [0.717, 1.165) is 0 Å². The molecule has 1 N–H and O–H groups in total. The minimum Gasteiger partial charge on any atom is -0.369 e. The molecule has 2 nitrogen and oxygen atoms in total. The summed E-state index contributed by atoms with van der Waals surface area (Å²) in [6.07, 6.45) is 0. The molecule has 0 bridgehead atoms. The number of hydrogen-bond donors (Lipinski definition) is 1. The number of nitrogens with zero attached hydrogens (tertiary/aromatic N) is 1. The van der Waals surface area contributed by atoms with Crippen LogP contribution in [0.1, 0.15) is 27.7 Å². The molecule has 0 aliphatic carbocycles. The zero-order valence-electron chi connectivity index (χ0n) is 9.88. The van der Waals surface area contributed by atoms with Gasteiger partial charge in [0.15, 0.2) is 5.56 Å². The van der Waals surface area contributed by atoms with Crippen LogP contribution in [-0.2, 0) is 0 Å². The summed E-state index contributed by atoms with van der Waals surface area (Å²) in [6.45, 7) is 8.15. The van der Waals surface area contributed by atoms with Gasteiger partial charge >= 0.3 is 0 Å². The van der Waals surface area contributed by atoms with Crippen molar-refractivity contribution in [2.45, 2.75) is 45.3 Å². The standard InChI is InChI=1S/C10H18Cl3NOS/c1-6(2)14(7(3)4)10(15)16-5-8(11)9(12)13/h6-7,10,15H,5H2,1-4H3. The van der Waals surface area contributed by atoms with Crippen LogP contribution in [0.5, 0.6) is 0 Å². The number of rotatable bonds is 6. The maximum Gasteiger partial charge on any atom is 0.156 e. The van der Waals surface area contributed by atoms with Crippen LogP contribution in [-0.4, -0.2) is 33.4 Å². The Morgan fingerprint density at radius 3 is 1.88 bits per heavy atom. The fourth-order valence-corrected chi connectivity index (χ4v) is 2.97. The van der Waals surface area contributed by atoms with E-state index < -0.39 is 5.56 Å². The predicted octanol–water partition coefficient (Wildman–Crippen LogP) is 4.00. The first-order valence-corrected chi connectivity index (χ1v) is 7.22. The number of hydrogen-bond acceptors (Lipinski definition) is 3. The van der Waals surface area contributed by atoms with Gasteiger partial charge in [-0.2, -0.15) is 0 Å². The van der Waals surface area contributed by atoms with E-state index in [4.69, 9.17) is 34.8 Å². The van der Waals surface area contributed by atoms with Gasteiger partial charge in [0.2, 0.25) is 0 Å². The molecule has 0 aromatic carbocycles. The summed E-state index contributed by atoms with van der Waals surface area (Å²) < 4.78 is 0.0574. The molecule has 0 amide bonds. The molecule has 0 aliphatic heterocycles. The van der Waals surface area contributed by atoms with Crippen LogP contribution in [0.2, 0.25) is 0 Å². The Labute approximate surface area is 117 Å². The first kappa shape index (κ1) is 16.9. The van der Waals surface area contributed by atoms with E-state index in [1.54, 1.807) is 0 Å². The summed E-state index contributed by atoms with van der Waals surface area (Å²) in [5.74, 6) is 0.404. The minimum absolute atomic E-state index is 0.0574. The van der Waals surface area contributed by atoms with E-state index in [2.05, 4.69) is 0 Å². The molecule has 0 heterocycles. The Bertz CT molecular complexity index is 234. The minimum atomic E-state index is -0.610. The highest BCUT2D eigenvalue weighted by atomic mass is 35.5. The first-order chi connectivity index (χ1) is 7.27. The lowest BCUT2D eigenvalue weighted by Crippen LogP contribution is -2.43. The Morgan fingerprint density at radius 2 is 1.56 bits per heavy atom. The van der Waals surface area contributed by atoms with Crippen molar-refractivity contribution in [3.63, 3.8) is 0 Å². The Balaban J connectivity index is 4.33. The fourth-order valence-electron chi connectivity index (χ4n) is 1.39. The van der Waals surface area contributed by atoms with Crippen molar-refractivity contribution in [1.82, 2.24) is 4.90 Å². The van der Waals surface area contributed by atoms with Crippen LogP contribution >= 0.6 is 46.6 Å². The van der Waals surface area contributed by atoms with Crippen LogP contribution in [0.4, 0.5) is 0 Å². The Hall–Kier alpha value is 0.880. The molecule has 0 aromatic rings. The van der Waals surface area contributed by atoms with E-state index >= 15 is 0 Å². The van der Waals surface area contributed by atoms with Gasteiger partial charge in [0.25, 0.3) is 0 Å². The number of thioether (sulfide) groups is 1. The molecule has 1 atom stereocenters. The zero-order valence-corrected chi connectivity index (χ0v) is 13.0. The third-order valence-electron chi connectivity index (χ3n) is 2.01. The summed E-state index contributed by atoms with van der Waals surface area (Å²) >= 11 is 18.1. The third kappa shape index (κ3) is 5.99. The molecular weight excluding hydrogens is 289 g/mol. The van der Waals surface area contributed by atoms with Gasteiger partial charge in [-0.3, -0.25) is 4.90 Å². The summed E-state index contributed by atoms with van der Waals surface area (Å²) in [5.41, 5.74) is -0.610. The monoisotopic (exact) mass is 305 g/mol. The van der Waals surface area contributed by atoms with Crippen molar-refractivity contribution >= 4 is 46.6 Å². The van der Waals surface area contributed by atoms with Crippen molar-refractivity contribution < 1.29 is 5.11 Å². The molecule has 0 rings (SSSR count). The van der Waals surface area contributed by atoms with Gasteiger partial charge in [0.05, 0.1) is 5.03 Å². The summed E-state index contributed by atoms with van der Waals surface area (Å²) in [7, 11) is 0. The van der Waals surface area contributed by atoms with Gasteiger partial charge in [-0.25, -0.2) is 0 Å². The molecule has 0 spiro atoms. The lowest BCUT2D eigenvalue weighted by atomic mass is 10.2. The van der Waals surface area contributed by atoms with E-state index in [-0.39, 0.29) is 16.6 Å². The molecule has 0 radical (unpaired) electrons. The van der Waals surface area contributed by atoms with Gasteiger partial charge in [-0.15, -0.1) is 11.8 Å². The van der Waals surface area contributed by atoms with Crippen molar-refractivity contribution in [2.75, 3.05) is 5.75 Å². The Morgan fingerprint density at radius 1 is 1.12 bits per heavy atom. The molecule has 1 unspecified atom stereocenters. The second-order valence-corrected chi connectivity index (χ2v) is 6.39. The second kappa shape index (κ2) is 8.06. The van der Waals surface area contributed by atoms with Gasteiger partial charge in [-0.1, -0.05) is 34.8 Å². The maximum absolute atomic E-state index is 10.0. The normalized spacial score (nSPS) is 13.7. The van der Waals surface area contributed by atoms with Crippen LogP contribution in [0, 0.1) is 0 Å². The van der Waals surface area contributed by atoms with Crippen LogP contribution in [0.15, 0.2) is 9.52 Å². The molecule has 0 aliphatic rings. The van der Waals surface area contributed by atoms with Crippen molar-refractivity contribution in [1.29, 1.82) is 0 Å². The fraction of sp³-hybridized carbons (Fsp3) is 0.800. The van der Waals surface area contributed by atoms with Gasteiger partial charge in [-0.05, 0) is 27.7 Å². The lowest BCUT2D eigenvalue weighted by molar-refractivity contribution is 0.0262. The molecule has 0 aromatic heterocycles. The topological polar surface area (TPSA) is 23.5 Å². The largest absolute Gasteiger partial charge is 0.369 e. The summed E-state index contributed by atoms with van der Waals surface area (Å²) in [6, 6.07) is 0.522. The molecule has 0 saturated heterocycles. The zero-order chi connectivity index (χ0) is 12.9. The maximum atomic E-state index is 10.0. The number of halogens is 3. The molecule has 0 fully saturated rings. The average Bonchev–Trinajstić information content (AvgIpc) is 2.12. The van der Waals surface area contributed by atoms with Crippen molar-refractivity contribution in [2.24, 2.45) is 0 Å². The summed E-state index contributed by atoms with van der Waals surface area (Å²) in [5, 5.41) is 10.4. The highest BCUT2D eigenvalue weighted by Gasteiger charge is 2.22. The molecule has 96 valence electrons. The first-order valence-electron chi connectivity index (χ1n) is 5.04. The number of aliphatic hydroxyl groups is 1. The van der Waals surface area contributed by atoms with Gasteiger partial charge < -0.3 is 5.11 Å². The van der Waals surface area contributed by atoms with Crippen LogP contribution < -0.4 is 0 Å². The molecule has 0 saturated carbocycles. The predicted molar refractivity (Wildman–Crippen MR) is 75.2 cm³/mol. The Kier molecular flexibility index (Phi) is 8.51. The molecule has 16 heavy (non-hydrogen) atoms. The highest BCUT2D eigenvalue weighted by Crippen LogP contribution is 2.26. The number of aliphatic hydroxyl groups excluding tert-OH is 1. The molecule has 6 heteroatoms. The van der Waals surface area contributed by atoms with Gasteiger partial charge in [0, 0.05) is 17.8 Å². The molecular formula is C10H18Cl3NOS. The van der Waals surface area contributed by atoms with Gasteiger partial charge in [0.1, 0.15) is 4.49 Å². The smallest absolute Gasteiger partial charge is 0.156 e. The van der Waals surface area contributed by atoms with E-state index in [1.165, 1.54) is 11.8 Å². The average molecular weight is 307 g/mol. The van der Waals surface area contributed by atoms with Crippen molar-refractivity contribution in [3.05, 3.63) is 9.52 Å². The lowest BCUT2D eigenvalue weighted by Gasteiger charge is -2.34.